The Bertz CT molecular complexity index is 1270. The molecule has 2 saturated heterocycles. The lowest BCUT2D eigenvalue weighted by Gasteiger charge is -2.42. The molecule has 1 atom stereocenters. The van der Waals surface area contributed by atoms with Gasteiger partial charge in [0.05, 0.1) is 37.6 Å². The number of nitrogens with one attached hydrogen (secondary N) is 1. The van der Waals surface area contributed by atoms with Crippen molar-refractivity contribution in [1.82, 2.24) is 15.1 Å². The van der Waals surface area contributed by atoms with Gasteiger partial charge in [0.25, 0.3) is 0 Å². The first-order chi connectivity index (χ1) is 18.6. The quantitative estimate of drug-likeness (QED) is 0.441. The van der Waals surface area contributed by atoms with Crippen LogP contribution in [0.3, 0.4) is 0 Å². The number of benzene rings is 2. The van der Waals surface area contributed by atoms with Crippen LogP contribution in [0.4, 0.5) is 14.9 Å². The molecular weight excluding hydrogens is 499 g/mol. The highest BCUT2D eigenvalue weighted by Gasteiger charge is 2.39. The van der Waals surface area contributed by atoms with E-state index in [0.717, 1.165) is 40.8 Å². The molecule has 0 spiro atoms. The molecule has 210 valence electrons. The number of carbonyl (C=O) groups excluding carboxylic acids is 1. The van der Waals surface area contributed by atoms with Crippen LogP contribution in [0, 0.1) is 5.82 Å². The molecule has 39 heavy (non-hydrogen) atoms. The number of morpholine rings is 1. The Morgan fingerprint density at radius 1 is 1.13 bits per heavy atom. The summed E-state index contributed by atoms with van der Waals surface area (Å²) in [5.41, 5.74) is 3.27. The molecule has 0 saturated carbocycles. The van der Waals surface area contributed by atoms with E-state index in [9.17, 15) is 9.18 Å². The van der Waals surface area contributed by atoms with Crippen molar-refractivity contribution in [3.8, 4) is 0 Å². The third-order valence-corrected chi connectivity index (χ3v) is 7.82. The van der Waals surface area contributed by atoms with E-state index in [4.69, 9.17) is 14.2 Å². The van der Waals surface area contributed by atoms with Gasteiger partial charge in [0.2, 0.25) is 0 Å². The minimum Gasteiger partial charge on any atom is -0.444 e. The average molecular weight is 539 g/mol. The van der Waals surface area contributed by atoms with E-state index in [1.165, 1.54) is 12.1 Å². The normalized spacial score (nSPS) is 18.8. The number of H-pyrrole nitrogens is 1. The van der Waals surface area contributed by atoms with Gasteiger partial charge in [-0.1, -0.05) is 12.1 Å². The number of rotatable bonds is 6. The van der Waals surface area contributed by atoms with Gasteiger partial charge in [0.15, 0.2) is 0 Å². The van der Waals surface area contributed by atoms with E-state index in [1.807, 2.05) is 39.1 Å². The first-order valence-electron chi connectivity index (χ1n) is 13.8. The molecule has 2 aliphatic rings. The van der Waals surface area contributed by atoms with Crippen molar-refractivity contribution in [2.75, 3.05) is 50.9 Å². The maximum Gasteiger partial charge on any atom is 0.410 e. The number of fused-ring (bicyclic) bond motifs is 1. The minimum atomic E-state index is -0.547. The molecule has 0 bridgehead atoms. The molecule has 0 aliphatic carbocycles. The molecule has 1 N–H and O–H groups in total. The fourth-order valence-electron chi connectivity index (χ4n) is 5.53. The van der Waals surface area contributed by atoms with Gasteiger partial charge < -0.3 is 24.0 Å². The molecule has 2 aliphatic heterocycles. The van der Waals surface area contributed by atoms with Crippen LogP contribution in [-0.4, -0.2) is 72.8 Å². The first-order valence-corrected chi connectivity index (χ1v) is 13.8. The number of amides is 1. The summed E-state index contributed by atoms with van der Waals surface area (Å²) in [7, 11) is 0. The number of piperidine rings is 1. The molecule has 0 radical (unpaired) electrons. The molecule has 1 aromatic heterocycles. The van der Waals surface area contributed by atoms with Crippen LogP contribution in [-0.2, 0) is 19.6 Å². The Balaban J connectivity index is 1.36. The van der Waals surface area contributed by atoms with Crippen LogP contribution in [0.2, 0.25) is 0 Å². The fraction of sp³-hybridized carbons (Fsp3) is 0.533. The summed E-state index contributed by atoms with van der Waals surface area (Å²) >= 11 is 0. The zero-order chi connectivity index (χ0) is 27.6. The number of carbonyl (C=O) groups is 1. The Labute approximate surface area is 229 Å². The van der Waals surface area contributed by atoms with E-state index in [2.05, 4.69) is 34.2 Å². The number of aromatic nitrogens is 2. The van der Waals surface area contributed by atoms with Gasteiger partial charge in [0, 0.05) is 48.2 Å². The van der Waals surface area contributed by atoms with E-state index in [-0.39, 0.29) is 23.4 Å². The zero-order valence-corrected chi connectivity index (χ0v) is 23.3. The minimum absolute atomic E-state index is 0.213. The van der Waals surface area contributed by atoms with Gasteiger partial charge in [-0.05, 0) is 70.4 Å². The summed E-state index contributed by atoms with van der Waals surface area (Å²) in [5.74, 6) is -0.268. The topological polar surface area (TPSA) is 79.9 Å². The summed E-state index contributed by atoms with van der Waals surface area (Å²) in [5, 5.41) is 8.48. The Hall–Kier alpha value is -3.17. The lowest BCUT2D eigenvalue weighted by atomic mass is 9.73. The molecule has 1 unspecified atom stereocenters. The van der Waals surface area contributed by atoms with Gasteiger partial charge in [-0.15, -0.1) is 0 Å². The summed E-state index contributed by atoms with van der Waals surface area (Å²) in [4.78, 5) is 16.8. The van der Waals surface area contributed by atoms with Crippen LogP contribution in [0.15, 0.2) is 42.6 Å². The largest absolute Gasteiger partial charge is 0.444 e. The second kappa shape index (κ2) is 11.1. The third-order valence-electron chi connectivity index (χ3n) is 7.82. The van der Waals surface area contributed by atoms with Crippen molar-refractivity contribution in [3.05, 3.63) is 59.5 Å². The predicted octanol–water partition coefficient (Wildman–Crippen LogP) is 5.59. The Kier molecular flexibility index (Phi) is 7.82. The number of nitrogens with zero attached hydrogens (tertiary/aromatic N) is 3. The zero-order valence-electron chi connectivity index (χ0n) is 23.3. The maximum absolute atomic E-state index is 13.8. The van der Waals surface area contributed by atoms with Crippen molar-refractivity contribution in [2.24, 2.45) is 0 Å². The molecule has 3 aromatic rings. The molecule has 9 heteroatoms. The van der Waals surface area contributed by atoms with Gasteiger partial charge in [-0.3, -0.25) is 5.10 Å². The number of aromatic amines is 1. The number of anilines is 1. The molecule has 3 heterocycles. The highest BCUT2D eigenvalue weighted by molar-refractivity contribution is 5.86. The summed E-state index contributed by atoms with van der Waals surface area (Å²) in [6, 6.07) is 11.0. The SMILES string of the molecule is CC(OCC1(c2ccc(F)cc2)CCN(C(=O)OC(C)(C)C)CC1)c1cc(N2CCOCC2)cc2cn[nH]c12. The van der Waals surface area contributed by atoms with E-state index in [1.54, 1.807) is 4.90 Å². The summed E-state index contributed by atoms with van der Waals surface area (Å²) < 4.78 is 31.6. The average Bonchev–Trinajstić information content (AvgIpc) is 3.40. The standard InChI is InChI=1S/C30H39FN4O4/c1-21(26-18-25(34-13-15-37-16-14-34)17-22-19-32-33-27(22)26)38-20-30(23-5-7-24(31)8-6-23)9-11-35(12-10-30)28(36)39-29(2,3)4/h5-8,17-19,21H,9-16,20H2,1-4H3,(H,32,33). The van der Waals surface area contributed by atoms with Crippen molar-refractivity contribution < 1.29 is 23.4 Å². The van der Waals surface area contributed by atoms with E-state index < -0.39 is 5.60 Å². The van der Waals surface area contributed by atoms with Crippen LogP contribution in [0.5, 0.6) is 0 Å². The van der Waals surface area contributed by atoms with Crippen LogP contribution < -0.4 is 4.90 Å². The fourth-order valence-corrected chi connectivity index (χ4v) is 5.53. The van der Waals surface area contributed by atoms with Gasteiger partial charge >= 0.3 is 6.09 Å². The predicted molar refractivity (Wildman–Crippen MR) is 149 cm³/mol. The molecule has 5 rings (SSSR count). The van der Waals surface area contributed by atoms with Gasteiger partial charge in [-0.2, -0.15) is 5.10 Å². The maximum atomic E-state index is 13.8. The number of hydrogen-bond acceptors (Lipinski definition) is 6. The van der Waals surface area contributed by atoms with Crippen molar-refractivity contribution in [3.63, 3.8) is 0 Å². The van der Waals surface area contributed by atoms with E-state index >= 15 is 0 Å². The van der Waals surface area contributed by atoms with Crippen molar-refractivity contribution >= 4 is 22.7 Å². The number of halogens is 1. The van der Waals surface area contributed by atoms with Crippen LogP contribution in [0.1, 0.15) is 57.8 Å². The first kappa shape index (κ1) is 27.4. The lowest BCUT2D eigenvalue weighted by molar-refractivity contribution is -0.00933. The summed E-state index contributed by atoms with van der Waals surface area (Å²) in [6.45, 7) is 12.3. The molecule has 2 aromatic carbocycles. The van der Waals surface area contributed by atoms with Crippen LogP contribution >= 0.6 is 0 Å². The number of hydrogen-bond donors (Lipinski definition) is 1. The van der Waals surface area contributed by atoms with Gasteiger partial charge in [-0.25, -0.2) is 9.18 Å². The second-order valence-electron chi connectivity index (χ2n) is 11.7. The Morgan fingerprint density at radius 2 is 1.82 bits per heavy atom. The Morgan fingerprint density at radius 3 is 2.49 bits per heavy atom. The molecule has 8 nitrogen and oxygen atoms in total. The molecular formula is C30H39FN4O4. The number of ether oxygens (including phenoxy) is 3. The number of likely N-dealkylation sites (tertiary alicyclic amines) is 1. The monoisotopic (exact) mass is 538 g/mol. The summed E-state index contributed by atoms with van der Waals surface area (Å²) in [6.07, 6.45) is 2.72. The van der Waals surface area contributed by atoms with E-state index in [0.29, 0.717) is 45.8 Å². The highest BCUT2D eigenvalue weighted by Crippen LogP contribution is 2.39. The van der Waals surface area contributed by atoms with Gasteiger partial charge in [0.1, 0.15) is 11.4 Å². The lowest BCUT2D eigenvalue weighted by Crippen LogP contribution is -2.48. The molecule has 2 fully saturated rings. The smallest absolute Gasteiger partial charge is 0.410 e. The highest BCUT2D eigenvalue weighted by atomic mass is 19.1. The van der Waals surface area contributed by atoms with Crippen LogP contribution in [0.25, 0.3) is 10.9 Å². The molecule has 1 amide bonds. The third kappa shape index (κ3) is 6.20. The second-order valence-corrected chi connectivity index (χ2v) is 11.7. The van der Waals surface area contributed by atoms with Crippen molar-refractivity contribution in [1.29, 1.82) is 0 Å². The van der Waals surface area contributed by atoms with Crippen molar-refractivity contribution in [2.45, 2.75) is 57.7 Å².